The minimum atomic E-state index is -4.53. The Morgan fingerprint density at radius 1 is 0.268 bits per heavy atom. The third kappa shape index (κ3) is 92.8. The molecule has 0 spiro atoms. The fourth-order valence-corrected chi connectivity index (χ4v) is 21.1. The highest BCUT2D eigenvalue weighted by atomic mass is 32.2. The average Bonchev–Trinajstić information content (AvgIpc) is 1.64. The van der Waals surface area contributed by atoms with Crippen molar-refractivity contribution in [2.24, 2.45) is 0 Å². The molecule has 1 heterocycles. The lowest BCUT2D eigenvalue weighted by molar-refractivity contribution is -0.234. The molecule has 0 saturated carbocycles. The Morgan fingerprint density at radius 3 is 0.754 bits per heavy atom. The van der Waals surface area contributed by atoms with Crippen LogP contribution >= 0.6 is 0 Å². The predicted octanol–water partition coefficient (Wildman–Crippen LogP) is 16.3. The number of aliphatic hydroxyl groups is 4. The van der Waals surface area contributed by atoms with Crippen molar-refractivity contribution in [3.8, 4) is 0 Å². The third-order valence-corrected chi connectivity index (χ3v) is 31.1. The fraction of sp³-hybridized carbons (Fsp3) is 0.931. The lowest BCUT2D eigenvalue weighted by Crippen LogP contribution is -2.42. The van der Waals surface area contributed by atoms with Crippen LogP contribution in [0, 0.1) is 0 Å². The van der Waals surface area contributed by atoms with Gasteiger partial charge in [-0.25, -0.2) is 28.8 Å². The van der Waals surface area contributed by atoms with Gasteiger partial charge in [-0.15, -0.1) is 0 Å². The normalized spacial score (nSPS) is 15.3. The molecule has 0 radical (unpaired) electrons. The second-order valence-electron chi connectivity index (χ2n) is 35.1. The van der Waals surface area contributed by atoms with Crippen molar-refractivity contribution in [2.75, 3.05) is 11.5 Å². The first-order valence-corrected chi connectivity index (χ1v) is 59.6. The molecule has 1 aliphatic rings. The molecular formula is C87H172O44S7. The molecule has 44 nitrogen and oxygen atoms in total. The first kappa shape index (κ1) is 142. The zero-order valence-corrected chi connectivity index (χ0v) is 87.2. The molecule has 0 amide bonds. The van der Waals surface area contributed by atoms with Crippen LogP contribution in [0.2, 0.25) is 0 Å². The first-order chi connectivity index (χ1) is 64.8. The Balaban J connectivity index is -0.000000516. The molecule has 1 rings (SSSR count). The van der Waals surface area contributed by atoms with Gasteiger partial charge in [0.15, 0.2) is 0 Å². The summed E-state index contributed by atoms with van der Waals surface area (Å²) < 4.78 is 224. The second kappa shape index (κ2) is 88.1. The number of hydrogen-bond acceptors (Lipinski definition) is 37. The van der Waals surface area contributed by atoms with E-state index >= 15 is 0 Å². The van der Waals surface area contributed by atoms with E-state index in [1.54, 1.807) is 0 Å². The topological polar surface area (TPSA) is 753 Å². The summed E-state index contributed by atoms with van der Waals surface area (Å²) >= 11 is 0. The molecule has 0 aliphatic carbocycles. The number of hydrogen-bond donors (Lipinski definition) is 17. The summed E-state index contributed by atoms with van der Waals surface area (Å²) in [7, 11) is -29.7. The second-order valence-corrected chi connectivity index (χ2v) is 46.6. The minimum absolute atomic E-state index is 0.0342. The minimum Gasteiger partial charge on any atom is -0.390 e. The van der Waals surface area contributed by atoms with Crippen LogP contribution in [0.4, 0.5) is 0 Å². The maximum absolute atomic E-state index is 11.6. The number of unbranched alkanes of at least 4 members (excludes halogenated alkanes) is 41. The molecular weight excluding hydrogens is 1970 g/mol. The van der Waals surface area contributed by atoms with Crippen molar-refractivity contribution in [1.82, 2.24) is 0 Å². The van der Waals surface area contributed by atoms with Gasteiger partial charge < -0.3 is 54.5 Å². The van der Waals surface area contributed by atoms with Crippen LogP contribution in [-0.4, -0.2) is 253 Å². The largest absolute Gasteiger partial charge is 0.390 e. The van der Waals surface area contributed by atoms with Gasteiger partial charge in [-0.2, -0.15) is 90.5 Å². The highest BCUT2D eigenvalue weighted by molar-refractivity contribution is 7.90. The summed E-state index contributed by atoms with van der Waals surface area (Å²) in [6.07, 6.45) is 39.2. The van der Waals surface area contributed by atoms with Crippen LogP contribution in [0.3, 0.4) is 0 Å². The molecule has 1 aliphatic heterocycles. The van der Waals surface area contributed by atoms with E-state index in [0.717, 1.165) is 193 Å². The summed E-state index contributed by atoms with van der Waals surface area (Å²) in [5.74, 6) is -5.10. The number of carbonyl (C=O) groups excluding carboxylic acids is 6. The summed E-state index contributed by atoms with van der Waals surface area (Å²) in [6, 6.07) is 0. The quantitative estimate of drug-likeness (QED) is 0.00671. The Morgan fingerprint density at radius 2 is 0.507 bits per heavy atom. The van der Waals surface area contributed by atoms with E-state index in [4.69, 9.17) is 54.5 Å². The van der Waals surface area contributed by atoms with Crippen molar-refractivity contribution in [1.29, 1.82) is 0 Å². The molecule has 0 bridgehead atoms. The van der Waals surface area contributed by atoms with E-state index in [0.29, 0.717) is 135 Å². The van der Waals surface area contributed by atoms with E-state index in [9.17, 15) is 122 Å². The smallest absolute Gasteiger partial charge is 0.342 e. The van der Waals surface area contributed by atoms with Gasteiger partial charge in [0, 0.05) is 38.5 Å². The van der Waals surface area contributed by atoms with Crippen molar-refractivity contribution in [3.05, 3.63) is 0 Å². The summed E-state index contributed by atoms with van der Waals surface area (Å²) in [4.78, 5) is 85.3. The van der Waals surface area contributed by atoms with Gasteiger partial charge in [-0.3, -0.25) is 31.9 Å². The maximum Gasteiger partial charge on any atom is 0.342 e. The van der Waals surface area contributed by atoms with Gasteiger partial charge in [0.25, 0.3) is 70.8 Å². The predicted molar refractivity (Wildman–Crippen MR) is 513 cm³/mol. The summed E-state index contributed by atoms with van der Waals surface area (Å²) in [5, 5.41) is 83.1. The zero-order chi connectivity index (χ0) is 106. The lowest BCUT2D eigenvalue weighted by Gasteiger charge is -2.24. The molecule has 138 heavy (non-hydrogen) atoms. The highest BCUT2D eigenvalue weighted by Crippen LogP contribution is 2.36. The van der Waals surface area contributed by atoms with Gasteiger partial charge >= 0.3 is 35.8 Å². The zero-order valence-electron chi connectivity index (χ0n) is 81.5. The van der Waals surface area contributed by atoms with E-state index in [2.05, 4.69) is 50.1 Å². The average molecular weight is 2150 g/mol. The number of epoxide rings is 1. The Labute approximate surface area is 820 Å². The first-order valence-electron chi connectivity index (χ1n) is 48.9. The molecule has 0 aromatic rings. The summed E-state index contributed by atoms with van der Waals surface area (Å²) in [6.45, 7) is 7.86. The van der Waals surface area contributed by atoms with Crippen LogP contribution in [0.5, 0.6) is 0 Å². The van der Waals surface area contributed by atoms with Crippen LogP contribution in [-0.2, 0) is 134 Å². The van der Waals surface area contributed by atoms with E-state index in [1.165, 1.54) is 26.2 Å². The third-order valence-electron chi connectivity index (χ3n) is 23.0. The van der Waals surface area contributed by atoms with Gasteiger partial charge in [0.2, 0.25) is 0 Å². The van der Waals surface area contributed by atoms with Crippen LogP contribution in [0.15, 0.2) is 0 Å². The monoisotopic (exact) mass is 2140 g/mol. The number of carbonyl (C=O) groups is 6. The number of rotatable bonds is 83. The van der Waals surface area contributed by atoms with E-state index in [1.807, 2.05) is 0 Å². The highest BCUT2D eigenvalue weighted by Gasteiger charge is 2.49. The van der Waals surface area contributed by atoms with Gasteiger partial charge in [-0.05, 0) is 103 Å². The van der Waals surface area contributed by atoms with E-state index in [-0.39, 0.29) is 82.2 Å². The van der Waals surface area contributed by atoms with Gasteiger partial charge in [-0.1, -0.05) is 297 Å². The Hall–Kier alpha value is -4.25. The van der Waals surface area contributed by atoms with Crippen LogP contribution in [0.1, 0.15) is 439 Å². The van der Waals surface area contributed by atoms with Crippen LogP contribution in [0.25, 0.3) is 0 Å². The number of ether oxygens (including phenoxy) is 1. The number of aliphatic hydroxyl groups excluding tert-OH is 4. The molecule has 826 valence electrons. The SMILES string of the molecule is CC(CCCCCCCCC(=O)OO)S(=O)(=O)O.CCCCCCCC(O)C(O)C(CCCCCCCC(=O)OO)S(=O)(=O)O.CCCCCCCC1OC1C(CCCCCCCC(=O)OO)S(=O)(=O)O.CCCCCCCCC(C(O)C(O)CCCCCCC(=O)OO)S(=O)(=O)O.O=C(CCCCCCCCC(CS(=O)(=O)O)S(=O)(=O)O)OO.O=C(CCCCCCCCCCS(=O)(=O)O)OO. The molecule has 17 N–H and O–H groups in total. The van der Waals surface area contributed by atoms with Crippen molar-refractivity contribution in [2.45, 2.75) is 502 Å². The molecule has 11 unspecified atom stereocenters. The molecule has 11 atom stereocenters. The van der Waals surface area contributed by atoms with E-state index < -0.39 is 163 Å². The lowest BCUT2D eigenvalue weighted by atomic mass is 9.99. The Kier molecular flexibility index (Phi) is 90.7. The van der Waals surface area contributed by atoms with Crippen LogP contribution < -0.4 is 0 Å². The van der Waals surface area contributed by atoms with Crippen molar-refractivity contribution in [3.63, 3.8) is 0 Å². The maximum atomic E-state index is 11.6. The standard InChI is InChI=1S/2C18H36O8S.C18H34O7S.C11H22O9S2.2C11H22O6S/c1-2-3-4-6-9-12-15(19)18(21)16(27(23,24)25)13-10-7-5-8-11-14-17(20)26-22;1-2-3-4-5-6-10-13-16(27(23,24)25)18(21)15(19)12-9-7-8-11-14-17(20)26-22;1-2-3-4-6-9-12-15-18(24-15)16(26(21,22)23)13-10-7-5-8-11-14-17(19)25-20;12-11(20-13)8-6-4-2-1-3-5-7-10(22(17,18)19)9-21(14,15)16;1-10(18(14,15)16)8-6-4-2-3-5-7-9-11(12)17-13;12-11(17-13)9-7-5-3-1-2-4-6-8-10-18(14,15)16/h2*15-16,18-19,21-22H,2-14H2,1H3,(H,23,24,25);15-16,18,20H,2-14H2,1H3,(H,21,22,23);10,13H,1-9H2,(H,14,15,16)(H,17,18,19);10,13H,2-9H2,1H3,(H,14,15,16);13H,1-10H2,(H,14,15,16). The molecule has 1 saturated heterocycles. The molecule has 0 aromatic carbocycles. The molecule has 1 fully saturated rings. The Bertz CT molecular complexity index is 3880. The fourth-order valence-electron chi connectivity index (χ4n) is 14.7. The van der Waals surface area contributed by atoms with Gasteiger partial charge in [0.05, 0.1) is 47.3 Å². The molecule has 0 aromatic heterocycles. The van der Waals surface area contributed by atoms with Gasteiger partial charge in [0.1, 0.15) is 27.1 Å². The summed E-state index contributed by atoms with van der Waals surface area (Å²) in [5.41, 5.74) is 0. The van der Waals surface area contributed by atoms with Crippen molar-refractivity contribution < 1.29 is 206 Å². The molecule has 51 heteroatoms. The van der Waals surface area contributed by atoms with Crippen molar-refractivity contribution >= 4 is 107 Å².